The molecule has 0 bridgehead atoms. The monoisotopic (exact) mass is 320 g/mol. The largest absolute Gasteiger partial charge is 0.380 e. The number of nitrogens with one attached hydrogen (secondary N) is 1. The summed E-state index contributed by atoms with van der Waals surface area (Å²) in [5, 5.41) is 1.33. The van der Waals surface area contributed by atoms with Crippen LogP contribution in [0, 0.1) is 0 Å². The van der Waals surface area contributed by atoms with Gasteiger partial charge in [-0.25, -0.2) is 0 Å². The van der Waals surface area contributed by atoms with E-state index in [1.165, 1.54) is 27.6 Å². The van der Waals surface area contributed by atoms with Crippen LogP contribution in [0.25, 0.3) is 10.9 Å². The molecule has 0 radical (unpaired) electrons. The highest BCUT2D eigenvalue weighted by molar-refractivity contribution is 5.82. The van der Waals surface area contributed by atoms with Gasteiger partial charge in [-0.3, -0.25) is 4.90 Å². The molecule has 1 aliphatic rings. The quantitative estimate of drug-likeness (QED) is 0.759. The van der Waals surface area contributed by atoms with E-state index < -0.39 is 0 Å². The minimum atomic E-state index is 0.337. The first kappa shape index (κ1) is 15.4. The Hall–Kier alpha value is -2.10. The molecule has 1 atom stereocenters. The van der Waals surface area contributed by atoms with Crippen LogP contribution in [-0.4, -0.2) is 29.6 Å². The third-order valence-corrected chi connectivity index (χ3v) is 5.05. The molecule has 4 rings (SSSR count). The molecule has 0 saturated carbocycles. The number of aromatic nitrogens is 1. The van der Waals surface area contributed by atoms with Crippen molar-refractivity contribution in [3.63, 3.8) is 0 Å². The normalized spacial score (nSPS) is 18.0. The van der Waals surface area contributed by atoms with Crippen molar-refractivity contribution in [2.45, 2.75) is 25.9 Å². The van der Waals surface area contributed by atoms with Gasteiger partial charge in [0.1, 0.15) is 0 Å². The molecule has 1 N–H and O–H groups in total. The Kier molecular flexibility index (Phi) is 4.37. The molecule has 2 aromatic carbocycles. The second-order valence-electron chi connectivity index (χ2n) is 6.45. The number of ether oxygens (including phenoxy) is 1. The van der Waals surface area contributed by atoms with Crippen LogP contribution < -0.4 is 0 Å². The van der Waals surface area contributed by atoms with Gasteiger partial charge >= 0.3 is 0 Å². The molecule has 0 unspecified atom stereocenters. The van der Waals surface area contributed by atoms with Crippen LogP contribution in [0.5, 0.6) is 0 Å². The van der Waals surface area contributed by atoms with Crippen LogP contribution in [-0.2, 0) is 17.7 Å². The summed E-state index contributed by atoms with van der Waals surface area (Å²) < 4.78 is 5.82. The molecule has 1 aliphatic heterocycles. The van der Waals surface area contributed by atoms with Crippen molar-refractivity contribution in [3.8, 4) is 0 Å². The number of nitrogens with zero attached hydrogens (tertiary/aromatic N) is 1. The zero-order chi connectivity index (χ0) is 16.4. The first-order valence-electron chi connectivity index (χ1n) is 8.81. The Morgan fingerprint density at radius 2 is 1.96 bits per heavy atom. The fourth-order valence-corrected chi connectivity index (χ4v) is 3.80. The van der Waals surface area contributed by atoms with Gasteiger partial charge in [0.15, 0.2) is 0 Å². The maximum absolute atomic E-state index is 5.82. The Morgan fingerprint density at radius 1 is 1.12 bits per heavy atom. The van der Waals surface area contributed by atoms with Gasteiger partial charge in [0, 0.05) is 36.8 Å². The van der Waals surface area contributed by atoms with E-state index in [0.717, 1.165) is 32.7 Å². The van der Waals surface area contributed by atoms with Crippen LogP contribution in [0.15, 0.2) is 54.7 Å². The highest BCUT2D eigenvalue weighted by Gasteiger charge is 2.27. The number of aromatic amines is 1. The van der Waals surface area contributed by atoms with Crippen LogP contribution in [0.4, 0.5) is 0 Å². The molecule has 1 aromatic heterocycles. The number of hydrogen-bond donors (Lipinski definition) is 1. The minimum Gasteiger partial charge on any atom is -0.380 e. The lowest BCUT2D eigenvalue weighted by molar-refractivity contribution is 0.0559. The second-order valence-corrected chi connectivity index (χ2v) is 6.45. The lowest BCUT2D eigenvalue weighted by Gasteiger charge is -2.37. The average Bonchev–Trinajstić information content (AvgIpc) is 3.04. The first-order chi connectivity index (χ1) is 11.9. The lowest BCUT2D eigenvalue weighted by atomic mass is 9.92. The Morgan fingerprint density at radius 3 is 2.88 bits per heavy atom. The van der Waals surface area contributed by atoms with Gasteiger partial charge in [0.25, 0.3) is 0 Å². The smallest absolute Gasteiger partial charge is 0.0663 e. The molecular weight excluding hydrogens is 296 g/mol. The molecule has 124 valence electrons. The third-order valence-electron chi connectivity index (χ3n) is 5.05. The molecule has 0 aliphatic carbocycles. The molecule has 0 amide bonds. The van der Waals surface area contributed by atoms with Crippen LogP contribution in [0.1, 0.15) is 29.7 Å². The Bertz CT molecular complexity index is 823. The Balaban J connectivity index is 1.64. The highest BCUT2D eigenvalue weighted by atomic mass is 16.5. The van der Waals surface area contributed by atoms with E-state index in [9.17, 15) is 0 Å². The number of fused-ring (bicyclic) bond motifs is 2. The number of para-hydroxylation sites is 1. The summed E-state index contributed by atoms with van der Waals surface area (Å²) >= 11 is 0. The number of H-pyrrole nitrogens is 1. The van der Waals surface area contributed by atoms with Crippen molar-refractivity contribution in [1.29, 1.82) is 0 Å². The molecule has 0 saturated heterocycles. The molecule has 3 heteroatoms. The maximum Gasteiger partial charge on any atom is 0.0663 e. The van der Waals surface area contributed by atoms with Crippen molar-refractivity contribution in [3.05, 3.63) is 71.4 Å². The van der Waals surface area contributed by atoms with Gasteiger partial charge in [0.05, 0.1) is 12.6 Å². The molecule has 0 fully saturated rings. The molecule has 3 aromatic rings. The van der Waals surface area contributed by atoms with Crippen molar-refractivity contribution >= 4 is 10.9 Å². The van der Waals surface area contributed by atoms with Gasteiger partial charge in [-0.05, 0) is 36.1 Å². The molecule has 2 heterocycles. The summed E-state index contributed by atoms with van der Waals surface area (Å²) in [6.07, 6.45) is 3.27. The van der Waals surface area contributed by atoms with E-state index in [2.05, 4.69) is 71.5 Å². The zero-order valence-corrected chi connectivity index (χ0v) is 14.2. The standard InChI is InChI=1S/C21H24N2O/c1-2-24-15-21-19-9-4-3-7-16(19)11-12-23(21)14-17-13-22-20-10-6-5-8-18(17)20/h3-10,13,21-22H,2,11-12,14-15H2,1H3/t21-/m1/s1. The molecule has 3 nitrogen and oxygen atoms in total. The van der Waals surface area contributed by atoms with E-state index in [-0.39, 0.29) is 0 Å². The van der Waals surface area contributed by atoms with E-state index >= 15 is 0 Å². The first-order valence-corrected chi connectivity index (χ1v) is 8.81. The van der Waals surface area contributed by atoms with Crippen LogP contribution >= 0.6 is 0 Å². The summed E-state index contributed by atoms with van der Waals surface area (Å²) in [4.78, 5) is 5.96. The number of benzene rings is 2. The fraction of sp³-hybridized carbons (Fsp3) is 0.333. The summed E-state index contributed by atoms with van der Waals surface area (Å²) in [6.45, 7) is 5.62. The molecule has 24 heavy (non-hydrogen) atoms. The van der Waals surface area contributed by atoms with E-state index in [4.69, 9.17) is 4.74 Å². The number of hydrogen-bond acceptors (Lipinski definition) is 2. The summed E-state index contributed by atoms with van der Waals surface area (Å²) in [5.41, 5.74) is 5.48. The highest BCUT2D eigenvalue weighted by Crippen LogP contribution is 2.32. The zero-order valence-electron chi connectivity index (χ0n) is 14.2. The van der Waals surface area contributed by atoms with Crippen molar-refractivity contribution in [2.75, 3.05) is 19.8 Å². The summed E-state index contributed by atoms with van der Waals surface area (Å²) in [5.74, 6) is 0. The van der Waals surface area contributed by atoms with Crippen LogP contribution in [0.2, 0.25) is 0 Å². The van der Waals surface area contributed by atoms with Gasteiger partial charge in [-0.2, -0.15) is 0 Å². The summed E-state index contributed by atoms with van der Waals surface area (Å²) in [6, 6.07) is 17.7. The van der Waals surface area contributed by atoms with Crippen molar-refractivity contribution < 1.29 is 4.74 Å². The van der Waals surface area contributed by atoms with Gasteiger partial charge in [-0.1, -0.05) is 42.5 Å². The Labute approximate surface area is 143 Å². The average molecular weight is 320 g/mol. The molecule has 0 spiro atoms. The predicted molar refractivity (Wildman–Crippen MR) is 98.1 cm³/mol. The summed E-state index contributed by atoms with van der Waals surface area (Å²) in [7, 11) is 0. The predicted octanol–water partition coefficient (Wildman–Crippen LogP) is 4.30. The van der Waals surface area contributed by atoms with Gasteiger partial charge < -0.3 is 9.72 Å². The van der Waals surface area contributed by atoms with Crippen molar-refractivity contribution in [2.24, 2.45) is 0 Å². The second kappa shape index (κ2) is 6.80. The number of rotatable bonds is 5. The lowest BCUT2D eigenvalue weighted by Crippen LogP contribution is -2.37. The third kappa shape index (κ3) is 2.85. The van der Waals surface area contributed by atoms with E-state index in [0.29, 0.717) is 6.04 Å². The SMILES string of the molecule is CCOC[C@@H]1c2ccccc2CCN1Cc1c[nH]c2ccccc12. The van der Waals surface area contributed by atoms with E-state index in [1.54, 1.807) is 0 Å². The van der Waals surface area contributed by atoms with E-state index in [1.807, 2.05) is 0 Å². The maximum atomic E-state index is 5.82. The van der Waals surface area contributed by atoms with Crippen molar-refractivity contribution in [1.82, 2.24) is 9.88 Å². The van der Waals surface area contributed by atoms with Gasteiger partial charge in [-0.15, -0.1) is 0 Å². The minimum absolute atomic E-state index is 0.337. The van der Waals surface area contributed by atoms with Crippen LogP contribution in [0.3, 0.4) is 0 Å². The fourth-order valence-electron chi connectivity index (χ4n) is 3.80. The van der Waals surface area contributed by atoms with Gasteiger partial charge in [0.2, 0.25) is 0 Å². The topological polar surface area (TPSA) is 28.3 Å². The molecular formula is C21H24N2O.